The Bertz CT molecular complexity index is 214. The topological polar surface area (TPSA) is 70.2 Å². The summed E-state index contributed by atoms with van der Waals surface area (Å²) in [6.07, 6.45) is 3.40. The summed E-state index contributed by atoms with van der Waals surface area (Å²) in [5, 5.41) is 7.96. The van der Waals surface area contributed by atoms with Gasteiger partial charge in [0, 0.05) is 26.1 Å². The zero-order valence-corrected chi connectivity index (χ0v) is 8.43. The van der Waals surface area contributed by atoms with E-state index in [-0.39, 0.29) is 11.9 Å². The molecule has 0 radical (unpaired) electrons. The summed E-state index contributed by atoms with van der Waals surface area (Å²) >= 11 is 0. The molecule has 0 saturated heterocycles. The van der Waals surface area contributed by atoms with Crippen molar-refractivity contribution in [1.82, 2.24) is 16.0 Å². The highest BCUT2D eigenvalue weighted by atomic mass is 16.2. The Morgan fingerprint density at radius 3 is 2.64 bits per heavy atom. The van der Waals surface area contributed by atoms with Gasteiger partial charge in [-0.05, 0) is 19.3 Å². The SMILES string of the molecule is CNC(=O)NCCCC(=O)NC1CC1. The molecule has 1 fully saturated rings. The average Bonchev–Trinajstić information content (AvgIpc) is 2.95. The molecule has 5 heteroatoms. The summed E-state index contributed by atoms with van der Waals surface area (Å²) in [4.78, 5) is 21.9. The zero-order valence-electron chi connectivity index (χ0n) is 8.43. The van der Waals surface area contributed by atoms with Crippen LogP contribution in [0.15, 0.2) is 0 Å². The highest BCUT2D eigenvalue weighted by molar-refractivity contribution is 5.76. The lowest BCUT2D eigenvalue weighted by molar-refractivity contribution is -0.121. The minimum Gasteiger partial charge on any atom is -0.353 e. The van der Waals surface area contributed by atoms with Crippen LogP contribution in [0.1, 0.15) is 25.7 Å². The summed E-state index contributed by atoms with van der Waals surface area (Å²) in [6, 6.07) is 0.224. The van der Waals surface area contributed by atoms with Crippen LogP contribution in [0.2, 0.25) is 0 Å². The second-order valence-electron chi connectivity index (χ2n) is 3.45. The van der Waals surface area contributed by atoms with Crippen molar-refractivity contribution in [3.8, 4) is 0 Å². The van der Waals surface area contributed by atoms with Crippen molar-refractivity contribution < 1.29 is 9.59 Å². The average molecular weight is 199 g/mol. The lowest BCUT2D eigenvalue weighted by Crippen LogP contribution is -2.34. The van der Waals surface area contributed by atoms with Crippen molar-refractivity contribution in [3.05, 3.63) is 0 Å². The predicted octanol–water partition coefficient (Wildman–Crippen LogP) is -0.0258. The first-order chi connectivity index (χ1) is 6.72. The minimum atomic E-state index is -0.201. The van der Waals surface area contributed by atoms with Gasteiger partial charge in [0.15, 0.2) is 0 Å². The van der Waals surface area contributed by atoms with Crippen LogP contribution >= 0.6 is 0 Å². The van der Waals surface area contributed by atoms with Crippen LogP contribution < -0.4 is 16.0 Å². The highest BCUT2D eigenvalue weighted by Crippen LogP contribution is 2.18. The van der Waals surface area contributed by atoms with Gasteiger partial charge >= 0.3 is 6.03 Å². The summed E-state index contributed by atoms with van der Waals surface area (Å²) in [5.74, 6) is 0.0891. The fraction of sp³-hybridized carbons (Fsp3) is 0.778. The van der Waals surface area contributed by atoms with Crippen molar-refractivity contribution in [2.75, 3.05) is 13.6 Å². The summed E-state index contributed by atoms with van der Waals surface area (Å²) in [7, 11) is 1.56. The van der Waals surface area contributed by atoms with Crippen molar-refractivity contribution >= 4 is 11.9 Å². The number of urea groups is 1. The zero-order chi connectivity index (χ0) is 10.4. The van der Waals surface area contributed by atoms with Gasteiger partial charge in [-0.25, -0.2) is 4.79 Å². The van der Waals surface area contributed by atoms with Crippen LogP contribution in [0.3, 0.4) is 0 Å². The number of hydrogen-bond donors (Lipinski definition) is 3. The Morgan fingerprint density at radius 2 is 2.07 bits per heavy atom. The molecular weight excluding hydrogens is 182 g/mol. The molecule has 5 nitrogen and oxygen atoms in total. The van der Waals surface area contributed by atoms with Crippen LogP contribution in [0.4, 0.5) is 4.79 Å². The Balaban J connectivity index is 1.91. The molecule has 0 aliphatic heterocycles. The third-order valence-corrected chi connectivity index (χ3v) is 2.04. The quantitative estimate of drug-likeness (QED) is 0.544. The van der Waals surface area contributed by atoms with Gasteiger partial charge in [-0.2, -0.15) is 0 Å². The van der Waals surface area contributed by atoms with Gasteiger partial charge in [0.2, 0.25) is 5.91 Å². The third-order valence-electron chi connectivity index (χ3n) is 2.04. The Kier molecular flexibility index (Phi) is 4.22. The molecule has 1 rings (SSSR count). The van der Waals surface area contributed by atoms with E-state index in [4.69, 9.17) is 0 Å². The number of carbonyl (C=O) groups is 2. The van der Waals surface area contributed by atoms with Crippen molar-refractivity contribution in [3.63, 3.8) is 0 Å². The van der Waals surface area contributed by atoms with Crippen molar-refractivity contribution in [2.45, 2.75) is 31.7 Å². The van der Waals surface area contributed by atoms with E-state index in [1.54, 1.807) is 7.05 Å². The van der Waals surface area contributed by atoms with E-state index in [0.717, 1.165) is 12.8 Å². The van der Waals surface area contributed by atoms with E-state index in [2.05, 4.69) is 16.0 Å². The predicted molar refractivity (Wildman–Crippen MR) is 52.9 cm³/mol. The van der Waals surface area contributed by atoms with Gasteiger partial charge in [-0.1, -0.05) is 0 Å². The number of hydrogen-bond acceptors (Lipinski definition) is 2. The van der Waals surface area contributed by atoms with E-state index in [9.17, 15) is 9.59 Å². The van der Waals surface area contributed by atoms with Crippen LogP contribution in [-0.2, 0) is 4.79 Å². The molecule has 0 aromatic rings. The molecule has 3 amide bonds. The molecule has 1 saturated carbocycles. The van der Waals surface area contributed by atoms with Crippen LogP contribution in [0.25, 0.3) is 0 Å². The maximum Gasteiger partial charge on any atom is 0.314 e. The van der Waals surface area contributed by atoms with Gasteiger partial charge in [0.05, 0.1) is 0 Å². The summed E-state index contributed by atoms with van der Waals surface area (Å²) in [5.41, 5.74) is 0. The van der Waals surface area contributed by atoms with E-state index < -0.39 is 0 Å². The van der Waals surface area contributed by atoms with E-state index >= 15 is 0 Å². The van der Waals surface area contributed by atoms with E-state index in [1.807, 2.05) is 0 Å². The fourth-order valence-electron chi connectivity index (χ4n) is 1.07. The Labute approximate surface area is 83.6 Å². The molecule has 0 aromatic heterocycles. The standard InChI is InChI=1S/C9H17N3O2/c1-10-9(14)11-6-2-3-8(13)12-7-4-5-7/h7H,2-6H2,1H3,(H,12,13)(H2,10,11,14). The monoisotopic (exact) mass is 199 g/mol. The van der Waals surface area contributed by atoms with Gasteiger partial charge in [0.1, 0.15) is 0 Å². The van der Waals surface area contributed by atoms with Crippen LogP contribution in [0, 0.1) is 0 Å². The van der Waals surface area contributed by atoms with Gasteiger partial charge in [-0.15, -0.1) is 0 Å². The second-order valence-corrected chi connectivity index (χ2v) is 3.45. The number of rotatable bonds is 5. The third kappa shape index (κ3) is 4.69. The van der Waals surface area contributed by atoms with Gasteiger partial charge < -0.3 is 16.0 Å². The van der Waals surface area contributed by atoms with Gasteiger partial charge in [0.25, 0.3) is 0 Å². The summed E-state index contributed by atoms with van der Waals surface area (Å²) in [6.45, 7) is 0.539. The first-order valence-corrected chi connectivity index (χ1v) is 4.97. The second kappa shape index (κ2) is 5.47. The molecule has 1 aliphatic carbocycles. The van der Waals surface area contributed by atoms with Crippen LogP contribution in [0.5, 0.6) is 0 Å². The van der Waals surface area contributed by atoms with Crippen molar-refractivity contribution in [2.24, 2.45) is 0 Å². The number of nitrogens with one attached hydrogen (secondary N) is 3. The van der Waals surface area contributed by atoms with E-state index in [0.29, 0.717) is 25.4 Å². The molecule has 0 atom stereocenters. The number of amides is 3. The normalized spacial score (nSPS) is 14.6. The number of carbonyl (C=O) groups excluding carboxylic acids is 2. The first-order valence-electron chi connectivity index (χ1n) is 4.97. The maximum atomic E-state index is 11.2. The lowest BCUT2D eigenvalue weighted by Gasteiger charge is -2.04. The van der Waals surface area contributed by atoms with E-state index in [1.165, 1.54) is 0 Å². The van der Waals surface area contributed by atoms with Crippen LogP contribution in [-0.4, -0.2) is 31.6 Å². The minimum absolute atomic E-state index is 0.0891. The molecular formula is C9H17N3O2. The van der Waals surface area contributed by atoms with Crippen molar-refractivity contribution in [1.29, 1.82) is 0 Å². The molecule has 3 N–H and O–H groups in total. The lowest BCUT2D eigenvalue weighted by atomic mass is 10.3. The molecule has 0 unspecified atom stereocenters. The smallest absolute Gasteiger partial charge is 0.314 e. The molecule has 0 bridgehead atoms. The van der Waals surface area contributed by atoms with Gasteiger partial charge in [-0.3, -0.25) is 4.79 Å². The molecule has 0 heterocycles. The maximum absolute atomic E-state index is 11.2. The molecule has 14 heavy (non-hydrogen) atoms. The Hall–Kier alpha value is -1.26. The molecule has 0 aromatic carbocycles. The fourth-order valence-corrected chi connectivity index (χ4v) is 1.07. The first kappa shape index (κ1) is 10.8. The summed E-state index contributed by atoms with van der Waals surface area (Å²) < 4.78 is 0. The molecule has 80 valence electrons. The highest BCUT2D eigenvalue weighted by Gasteiger charge is 2.22. The molecule has 0 spiro atoms. The Morgan fingerprint density at radius 1 is 1.36 bits per heavy atom. The molecule has 1 aliphatic rings. The largest absolute Gasteiger partial charge is 0.353 e.